The van der Waals surface area contributed by atoms with Gasteiger partial charge in [0.25, 0.3) is 22.2 Å². The van der Waals surface area contributed by atoms with Crippen molar-refractivity contribution in [3.8, 4) is 0 Å². The zero-order chi connectivity index (χ0) is 70.3. The summed E-state index contributed by atoms with van der Waals surface area (Å²) < 4.78 is 7.90. The van der Waals surface area contributed by atoms with Crippen LogP contribution in [0.4, 0.5) is 0 Å². The third-order valence-electron chi connectivity index (χ3n) is 19.4. The Morgan fingerprint density at radius 2 is 0.417 bits per heavy atom. The van der Waals surface area contributed by atoms with Gasteiger partial charge in [0.2, 0.25) is 0 Å². The molecule has 0 bridgehead atoms. The van der Waals surface area contributed by atoms with Crippen molar-refractivity contribution in [2.75, 3.05) is 0 Å². The van der Waals surface area contributed by atoms with E-state index in [0.717, 1.165) is 73.7 Å². The first-order chi connectivity index (χ1) is 46.9. The predicted molar refractivity (Wildman–Crippen MR) is 441 cm³/mol. The standard InChI is InChI=1S/C40H68Br2N2O2.C40H70N2O2.CHCl3.Br2/c1-3-5-7-9-11-13-15-17-19-21-23-25-27-29-31-43-37-33-36(42)40(46)44(38(37)34-35(41)39(43)45)32-30-28-26-24-22-20-18-16-14-12-10-8-6-4-2;1-3-5-7-9-11-13-15-17-19-21-23-25-27-29-35-41-37-31-34-40(44)42(38(37)32-33-39(41)43)36-30-28-26-24-22-20-18-16-14-12-10-8-6-4-2;2-1(3)4;1-2/h33-34H,3-32H2,1-2H3;31-34H,3-30,35-36H2,1-2H3;1H;. The van der Waals surface area contributed by atoms with Crippen molar-refractivity contribution in [1.29, 1.82) is 0 Å². The molecule has 0 fully saturated rings. The highest BCUT2D eigenvalue weighted by atomic mass is 80.9. The molecule has 0 saturated carbocycles. The Morgan fingerprint density at radius 3 is 0.594 bits per heavy atom. The molecule has 4 aromatic heterocycles. The van der Waals surface area contributed by atoms with Crippen LogP contribution < -0.4 is 22.2 Å². The minimum Gasteiger partial charge on any atom is -0.307 e. The smallest absolute Gasteiger partial charge is 0.265 e. The van der Waals surface area contributed by atoms with Crippen molar-refractivity contribution in [2.45, 2.75) is 418 Å². The molecule has 0 saturated heterocycles. The molecule has 0 atom stereocenters. The maximum atomic E-state index is 13.2. The van der Waals surface area contributed by atoms with Crippen molar-refractivity contribution >= 4 is 117 Å². The van der Waals surface area contributed by atoms with Crippen molar-refractivity contribution in [3.63, 3.8) is 0 Å². The lowest BCUT2D eigenvalue weighted by Crippen LogP contribution is -2.27. The number of hydrogen-bond donors (Lipinski definition) is 0. The summed E-state index contributed by atoms with van der Waals surface area (Å²) in [5.74, 6) is 0. The average Bonchev–Trinajstić information content (AvgIpc) is 0.805. The van der Waals surface area contributed by atoms with E-state index in [1.54, 1.807) is 12.1 Å². The van der Waals surface area contributed by atoms with E-state index >= 15 is 0 Å². The first kappa shape index (κ1) is 93.1. The number of rotatable bonds is 60. The van der Waals surface area contributed by atoms with Crippen molar-refractivity contribution in [3.05, 3.63) is 86.8 Å². The number of pyridine rings is 4. The van der Waals surface area contributed by atoms with E-state index in [1.807, 2.05) is 42.5 Å². The molecule has 96 heavy (non-hydrogen) atoms. The van der Waals surface area contributed by atoms with Crippen molar-refractivity contribution < 1.29 is 0 Å². The molecule has 0 spiro atoms. The number of unbranched alkanes of at least 4 members (excludes halogenated alkanes) is 52. The topological polar surface area (TPSA) is 88.0 Å². The van der Waals surface area contributed by atoms with E-state index in [1.165, 1.54) is 321 Å². The second-order valence-electron chi connectivity index (χ2n) is 27.7. The number of aromatic nitrogens is 4. The van der Waals surface area contributed by atoms with Crippen LogP contribution in [-0.2, 0) is 26.2 Å². The number of fused-ring (bicyclic) bond motifs is 2. The molecule has 15 heteroatoms. The maximum absolute atomic E-state index is 13.2. The van der Waals surface area contributed by atoms with Gasteiger partial charge in [-0.15, -0.1) is 0 Å². The number of alkyl halides is 3. The summed E-state index contributed by atoms with van der Waals surface area (Å²) in [6.45, 7) is 12.0. The molecule has 4 heterocycles. The van der Waals surface area contributed by atoms with Crippen LogP contribution in [0.5, 0.6) is 0 Å². The van der Waals surface area contributed by atoms with Gasteiger partial charge in [-0.25, -0.2) is 0 Å². The summed E-state index contributed by atoms with van der Waals surface area (Å²) in [5, 5.41) is 0. The Kier molecular flexibility index (Phi) is 65.3. The van der Waals surface area contributed by atoms with Crippen LogP contribution in [0.3, 0.4) is 0 Å². The zero-order valence-corrected chi connectivity index (χ0v) is 70.1. The molecule has 8 nitrogen and oxygen atoms in total. The quantitative estimate of drug-likeness (QED) is 0.0325. The van der Waals surface area contributed by atoms with Gasteiger partial charge < -0.3 is 18.3 Å². The first-order valence-corrected chi connectivity index (χ1v) is 46.5. The van der Waals surface area contributed by atoms with E-state index in [0.29, 0.717) is 22.0 Å². The summed E-state index contributed by atoms with van der Waals surface area (Å²) in [7, 11) is 0. The van der Waals surface area contributed by atoms with E-state index < -0.39 is 4.30 Å². The van der Waals surface area contributed by atoms with Crippen LogP contribution in [-0.4, -0.2) is 22.6 Å². The molecule has 0 amide bonds. The number of aryl methyl sites for hydroxylation is 4. The summed E-state index contributed by atoms with van der Waals surface area (Å²) in [4.78, 5) is 51.9. The van der Waals surface area contributed by atoms with Crippen LogP contribution >= 0.6 is 94.9 Å². The van der Waals surface area contributed by atoms with Gasteiger partial charge in [-0.3, -0.25) is 19.2 Å². The number of halogens is 7. The molecule has 556 valence electrons. The van der Waals surface area contributed by atoms with Crippen LogP contribution in [0.15, 0.2) is 64.5 Å². The second-order valence-corrected chi connectivity index (χ2v) is 31.4. The Labute approximate surface area is 634 Å². The SMILES string of the molecule is BrBr.CCCCCCCCCCCCCCCCn1c(=O)c(Br)cc2c1cc(Br)c(=O)n2CCCCCCCCCCCCCCCC.CCCCCCCCCCCCCCCCn1c(=O)ccc2c1ccc(=O)n2CCCCCCCCCCCCCCCC.ClC(Cl)Cl. The Morgan fingerprint density at radius 1 is 0.260 bits per heavy atom. The summed E-state index contributed by atoms with van der Waals surface area (Å²) in [5.41, 5.74) is 3.64. The lowest BCUT2D eigenvalue weighted by atomic mass is 10.0. The van der Waals surface area contributed by atoms with Crippen molar-refractivity contribution in [2.24, 2.45) is 0 Å². The monoisotopic (exact) mass is 1650 g/mol. The Balaban J connectivity index is 0.000000887. The molecule has 0 N–H and O–H groups in total. The van der Waals surface area contributed by atoms with Crippen LogP contribution in [0.2, 0.25) is 0 Å². The molecule has 0 aliphatic carbocycles. The van der Waals surface area contributed by atoms with E-state index in [9.17, 15) is 19.2 Å². The van der Waals surface area contributed by atoms with Crippen LogP contribution in [0.25, 0.3) is 22.1 Å². The number of hydrogen-bond acceptors (Lipinski definition) is 4. The van der Waals surface area contributed by atoms with Crippen molar-refractivity contribution in [1.82, 2.24) is 18.3 Å². The van der Waals surface area contributed by atoms with Gasteiger partial charge in [0.1, 0.15) is 0 Å². The molecule has 4 aromatic rings. The van der Waals surface area contributed by atoms with Gasteiger partial charge >= 0.3 is 0 Å². The minimum absolute atomic E-state index is 0.00390. The summed E-state index contributed by atoms with van der Waals surface area (Å²) >= 11 is 26.9. The fourth-order valence-electron chi connectivity index (χ4n) is 13.5. The van der Waals surface area contributed by atoms with Gasteiger partial charge in [0.05, 0.1) is 31.0 Å². The minimum atomic E-state index is -0.750. The molecule has 0 aromatic carbocycles. The highest BCUT2D eigenvalue weighted by molar-refractivity contribution is 9.93. The maximum Gasteiger partial charge on any atom is 0.265 e. The van der Waals surface area contributed by atoms with Gasteiger partial charge in [-0.1, -0.05) is 396 Å². The normalized spacial score (nSPS) is 11.3. The Hall–Kier alpha value is -0.890. The molecule has 0 aliphatic heterocycles. The third-order valence-corrected chi connectivity index (χ3v) is 20.5. The van der Waals surface area contributed by atoms with Gasteiger partial charge in [0, 0.05) is 66.6 Å². The summed E-state index contributed by atoms with van der Waals surface area (Å²) in [6, 6.07) is 10.8. The lowest BCUT2D eigenvalue weighted by Gasteiger charge is -2.16. The van der Waals surface area contributed by atoms with Gasteiger partial charge in [-0.2, -0.15) is 0 Å². The molecule has 0 aliphatic rings. The fourth-order valence-corrected chi connectivity index (χ4v) is 14.4. The van der Waals surface area contributed by atoms with E-state index in [2.05, 4.69) is 87.8 Å². The molecule has 0 radical (unpaired) electrons. The first-order valence-electron chi connectivity index (χ1n) is 39.9. The average molecular weight is 1660 g/mol. The predicted octanol–water partition coefficient (Wildman–Crippen LogP) is 29.5. The largest absolute Gasteiger partial charge is 0.307 e. The van der Waals surface area contributed by atoms with Crippen LogP contribution in [0, 0.1) is 0 Å². The number of nitrogens with zero attached hydrogens (tertiary/aromatic N) is 4. The van der Waals surface area contributed by atoms with Gasteiger partial charge in [-0.05, 0) is 81.8 Å². The Bertz CT molecular complexity index is 2500. The third kappa shape index (κ3) is 47.4. The zero-order valence-electron chi connectivity index (χ0n) is 61.5. The highest BCUT2D eigenvalue weighted by Crippen LogP contribution is 2.23. The van der Waals surface area contributed by atoms with Crippen LogP contribution in [0.1, 0.15) is 387 Å². The van der Waals surface area contributed by atoms with E-state index in [4.69, 9.17) is 34.8 Å². The molecule has 0 unspecified atom stereocenters. The second kappa shape index (κ2) is 67.3. The molecular formula is C81H139Br4Cl3N4O4. The van der Waals surface area contributed by atoms with E-state index in [-0.39, 0.29) is 22.2 Å². The van der Waals surface area contributed by atoms with Gasteiger partial charge in [0.15, 0.2) is 4.30 Å². The lowest BCUT2D eigenvalue weighted by molar-refractivity contribution is 0.521. The summed E-state index contributed by atoms with van der Waals surface area (Å²) in [6.07, 6.45) is 74.2. The fraction of sp³-hybridized carbons (Fsp3) is 0.802. The molecular weight excluding hydrogens is 1520 g/mol. The molecule has 4 rings (SSSR count). The highest BCUT2D eigenvalue weighted by Gasteiger charge is 2.15.